The summed E-state index contributed by atoms with van der Waals surface area (Å²) in [6.07, 6.45) is 0.568. The molecular weight excluding hydrogens is 350 g/mol. The van der Waals surface area contributed by atoms with E-state index < -0.39 is 16.0 Å². The number of nitrogens with one attached hydrogen (secondary N) is 1. The Morgan fingerprint density at radius 2 is 1.92 bits per heavy atom. The van der Waals surface area contributed by atoms with Crippen molar-refractivity contribution in [2.24, 2.45) is 11.8 Å². The predicted octanol–water partition coefficient (Wildman–Crippen LogP) is 0.274. The molecule has 4 heterocycles. The largest absolute Gasteiger partial charge is 0.478 e. The number of hydrogen-bond donors (Lipinski definition) is 2. The van der Waals surface area contributed by atoms with Crippen molar-refractivity contribution in [3.63, 3.8) is 0 Å². The smallest absolute Gasteiger partial charge is 0.338 e. The molecule has 0 aliphatic carbocycles. The predicted molar refractivity (Wildman–Crippen MR) is 89.9 cm³/mol. The Balaban J connectivity index is 1.70. The van der Waals surface area contributed by atoms with Gasteiger partial charge in [0.15, 0.2) is 0 Å². The molecule has 24 heavy (non-hydrogen) atoms. The van der Waals surface area contributed by atoms with Gasteiger partial charge in [-0.2, -0.15) is 4.31 Å². The van der Waals surface area contributed by atoms with E-state index in [0.29, 0.717) is 50.0 Å². The number of rotatable bonds is 3. The topological polar surface area (TPSA) is 90.0 Å². The Hall–Kier alpha value is -1.00. The van der Waals surface area contributed by atoms with E-state index in [1.54, 1.807) is 0 Å². The van der Waals surface area contributed by atoms with Crippen LogP contribution in [-0.2, 0) is 23.0 Å². The molecule has 0 aromatic carbocycles. The van der Waals surface area contributed by atoms with Gasteiger partial charge < -0.3 is 15.3 Å². The molecule has 2 atom stereocenters. The third-order valence-electron chi connectivity index (χ3n) is 5.32. The average molecular weight is 371 g/mol. The molecule has 0 saturated carbocycles. The Morgan fingerprint density at radius 1 is 1.25 bits per heavy atom. The minimum Gasteiger partial charge on any atom is -0.478 e. The van der Waals surface area contributed by atoms with Crippen molar-refractivity contribution in [1.82, 2.24) is 14.5 Å². The van der Waals surface area contributed by atoms with Crippen LogP contribution in [-0.4, -0.2) is 68.5 Å². The summed E-state index contributed by atoms with van der Waals surface area (Å²) in [6, 6.07) is 0. The van der Waals surface area contributed by atoms with Gasteiger partial charge in [-0.25, -0.2) is 13.2 Å². The molecule has 9 heteroatoms. The van der Waals surface area contributed by atoms with E-state index in [1.807, 2.05) is 0 Å². The van der Waals surface area contributed by atoms with E-state index in [9.17, 15) is 18.3 Å². The monoisotopic (exact) mass is 371 g/mol. The molecule has 2 N–H and O–H groups in total. The molecule has 7 nitrogen and oxygen atoms in total. The number of aromatic carboxylic acids is 1. The second-order valence-electron chi connectivity index (χ2n) is 6.96. The number of thiophene rings is 1. The summed E-state index contributed by atoms with van der Waals surface area (Å²) in [7, 11) is -1.69. The molecule has 3 aliphatic heterocycles. The highest BCUT2D eigenvalue weighted by atomic mass is 32.2. The van der Waals surface area contributed by atoms with Gasteiger partial charge in [-0.05, 0) is 37.4 Å². The van der Waals surface area contributed by atoms with Crippen molar-refractivity contribution in [2.45, 2.75) is 17.2 Å². The molecule has 2 saturated heterocycles. The van der Waals surface area contributed by atoms with E-state index in [1.165, 1.54) is 4.31 Å². The standard InChI is InChI=1S/C15H21N3O4S2/c1-17-5-9-7-18(8-10(9)6-17)24(21,22)15-13(14(19)20)11-2-3-16-4-12(11)23-15/h9-10,16H,2-8H2,1H3,(H,19,20)/t9-,10+. The molecule has 3 aliphatic rings. The number of carboxylic acids is 1. The highest BCUT2D eigenvalue weighted by molar-refractivity contribution is 7.91. The Labute approximate surface area is 145 Å². The summed E-state index contributed by atoms with van der Waals surface area (Å²) in [5, 5.41) is 12.8. The quantitative estimate of drug-likeness (QED) is 0.793. The summed E-state index contributed by atoms with van der Waals surface area (Å²) in [5.74, 6) is -0.421. The zero-order chi connectivity index (χ0) is 17.1. The molecule has 0 amide bonds. The maximum absolute atomic E-state index is 13.1. The fourth-order valence-electron chi connectivity index (χ4n) is 4.21. The van der Waals surface area contributed by atoms with Crippen LogP contribution in [0.5, 0.6) is 0 Å². The average Bonchev–Trinajstić information content (AvgIpc) is 3.16. The van der Waals surface area contributed by atoms with Crippen LogP contribution in [0, 0.1) is 11.8 Å². The molecule has 0 spiro atoms. The first-order valence-corrected chi connectivity index (χ1v) is 10.4. The number of likely N-dealkylation sites (tertiary alicyclic amines) is 1. The van der Waals surface area contributed by atoms with Gasteiger partial charge in [0.25, 0.3) is 10.0 Å². The number of nitrogens with zero attached hydrogens (tertiary/aromatic N) is 2. The lowest BCUT2D eigenvalue weighted by Crippen LogP contribution is -2.32. The van der Waals surface area contributed by atoms with Crippen LogP contribution in [0.25, 0.3) is 0 Å². The highest BCUT2D eigenvalue weighted by Gasteiger charge is 2.45. The number of carboxylic acid groups (broad SMARTS) is 1. The highest BCUT2D eigenvalue weighted by Crippen LogP contribution is 2.39. The van der Waals surface area contributed by atoms with Crippen LogP contribution in [0.15, 0.2) is 4.21 Å². The first-order valence-electron chi connectivity index (χ1n) is 8.15. The van der Waals surface area contributed by atoms with Crippen LogP contribution >= 0.6 is 11.3 Å². The molecular formula is C15H21N3O4S2. The molecule has 132 valence electrons. The lowest BCUT2D eigenvalue weighted by Gasteiger charge is -2.18. The summed E-state index contributed by atoms with van der Waals surface area (Å²) >= 11 is 1.13. The number of carbonyl (C=O) groups is 1. The third kappa shape index (κ3) is 2.50. The van der Waals surface area contributed by atoms with E-state index in [0.717, 1.165) is 29.3 Å². The molecule has 1 aromatic heterocycles. The van der Waals surface area contributed by atoms with Crippen molar-refractivity contribution in [3.8, 4) is 0 Å². The van der Waals surface area contributed by atoms with Gasteiger partial charge in [0.05, 0.1) is 5.56 Å². The zero-order valence-electron chi connectivity index (χ0n) is 13.5. The molecule has 1 aromatic rings. The van der Waals surface area contributed by atoms with Gasteiger partial charge in [0.1, 0.15) is 4.21 Å². The minimum atomic E-state index is -3.74. The third-order valence-corrected chi connectivity index (χ3v) is 8.88. The van der Waals surface area contributed by atoms with Gasteiger partial charge in [-0.3, -0.25) is 0 Å². The van der Waals surface area contributed by atoms with Crippen molar-refractivity contribution in [2.75, 3.05) is 39.8 Å². The van der Waals surface area contributed by atoms with Gasteiger partial charge in [-0.1, -0.05) is 0 Å². The Bertz CT molecular complexity index is 775. The van der Waals surface area contributed by atoms with Crippen LogP contribution in [0.3, 0.4) is 0 Å². The lowest BCUT2D eigenvalue weighted by molar-refractivity contribution is 0.0692. The van der Waals surface area contributed by atoms with Crippen molar-refractivity contribution >= 4 is 27.3 Å². The summed E-state index contributed by atoms with van der Waals surface area (Å²) < 4.78 is 27.8. The molecule has 2 fully saturated rings. The van der Waals surface area contributed by atoms with Crippen LogP contribution in [0.1, 0.15) is 20.8 Å². The summed E-state index contributed by atoms with van der Waals surface area (Å²) in [4.78, 5) is 14.8. The maximum Gasteiger partial charge on any atom is 0.338 e. The van der Waals surface area contributed by atoms with Crippen LogP contribution in [0.4, 0.5) is 0 Å². The van der Waals surface area contributed by atoms with Gasteiger partial charge >= 0.3 is 5.97 Å². The second kappa shape index (κ2) is 5.77. The first kappa shape index (κ1) is 16.5. The first-order chi connectivity index (χ1) is 11.4. The Kier molecular flexibility index (Phi) is 3.96. The number of sulfonamides is 1. The summed E-state index contributed by atoms with van der Waals surface area (Å²) in [5.41, 5.74) is 0.703. The van der Waals surface area contributed by atoms with E-state index in [-0.39, 0.29) is 9.77 Å². The van der Waals surface area contributed by atoms with Crippen molar-refractivity contribution in [3.05, 3.63) is 16.0 Å². The molecule has 0 unspecified atom stereocenters. The summed E-state index contributed by atoms with van der Waals surface area (Å²) in [6.45, 7) is 4.05. The van der Waals surface area contributed by atoms with Gasteiger partial charge in [0, 0.05) is 37.6 Å². The van der Waals surface area contributed by atoms with Crippen LogP contribution in [0.2, 0.25) is 0 Å². The Morgan fingerprint density at radius 3 is 2.54 bits per heavy atom. The lowest BCUT2D eigenvalue weighted by atomic mass is 10.0. The number of hydrogen-bond acceptors (Lipinski definition) is 6. The fourth-order valence-corrected chi connectivity index (χ4v) is 7.76. The zero-order valence-corrected chi connectivity index (χ0v) is 15.1. The van der Waals surface area contributed by atoms with Crippen LogP contribution < -0.4 is 5.32 Å². The molecule has 4 rings (SSSR count). The van der Waals surface area contributed by atoms with Gasteiger partial charge in [-0.15, -0.1) is 11.3 Å². The van der Waals surface area contributed by atoms with E-state index in [2.05, 4.69) is 17.3 Å². The van der Waals surface area contributed by atoms with Crippen molar-refractivity contribution < 1.29 is 18.3 Å². The maximum atomic E-state index is 13.1. The van der Waals surface area contributed by atoms with Gasteiger partial charge in [0.2, 0.25) is 0 Å². The SMILES string of the molecule is CN1C[C@@H]2CN(S(=O)(=O)c3sc4c(c3C(=O)O)CCNC4)C[C@@H]2C1. The molecule has 0 bridgehead atoms. The van der Waals surface area contributed by atoms with E-state index in [4.69, 9.17) is 0 Å². The number of fused-ring (bicyclic) bond motifs is 2. The normalized spacial score (nSPS) is 28.0. The molecule has 0 radical (unpaired) electrons. The fraction of sp³-hybridized carbons (Fsp3) is 0.667. The van der Waals surface area contributed by atoms with E-state index >= 15 is 0 Å². The minimum absolute atomic E-state index is 0.00526. The van der Waals surface area contributed by atoms with Crippen molar-refractivity contribution in [1.29, 1.82) is 0 Å². The second-order valence-corrected chi connectivity index (χ2v) is 10.2.